The third kappa shape index (κ3) is 8.53. The number of allylic oxidation sites excluding steroid dienone is 1. The van der Waals surface area contributed by atoms with Gasteiger partial charge in [-0.2, -0.15) is 0 Å². The fraction of sp³-hybridized carbons (Fsp3) is 0.400. The maximum Gasteiger partial charge on any atom is 0.357 e. The second-order valence-electron chi connectivity index (χ2n) is 9.63. The maximum absolute atomic E-state index is 13.1. The SMILES string of the molecule is CO/N=C(\C(=O)NC(C(=O)O)[C@@H]1NC(C(=O)OCOC(=O)C(C)(C)C)=C(/C=C\c2scnc2C)CS1)c1csc(N)n1. The molecular weight excluding hydrogens is 609 g/mol. The third-order valence-electron chi connectivity index (χ3n) is 5.46. The van der Waals surface area contributed by atoms with Crippen LogP contribution < -0.4 is 16.4 Å². The molecule has 2 aromatic rings. The molecule has 0 aliphatic carbocycles. The lowest BCUT2D eigenvalue weighted by Crippen LogP contribution is -2.56. The highest BCUT2D eigenvalue weighted by Crippen LogP contribution is 2.28. The van der Waals surface area contributed by atoms with Crippen LogP contribution in [0.4, 0.5) is 5.13 Å². The molecule has 1 aliphatic heterocycles. The van der Waals surface area contributed by atoms with Crippen molar-refractivity contribution in [2.75, 3.05) is 25.4 Å². The number of aryl methyl sites for hydroxylation is 1. The summed E-state index contributed by atoms with van der Waals surface area (Å²) in [5.41, 5.74) is 7.60. The van der Waals surface area contributed by atoms with Gasteiger partial charge in [0.25, 0.3) is 5.91 Å². The summed E-state index contributed by atoms with van der Waals surface area (Å²) in [4.78, 5) is 64.4. The number of carboxylic acid groups (broad SMARTS) is 1. The monoisotopic (exact) mass is 638 g/mol. The van der Waals surface area contributed by atoms with Gasteiger partial charge < -0.3 is 35.8 Å². The summed E-state index contributed by atoms with van der Waals surface area (Å²) in [6.07, 6.45) is 3.47. The van der Waals surface area contributed by atoms with E-state index in [1.54, 1.807) is 38.4 Å². The van der Waals surface area contributed by atoms with Crippen molar-refractivity contribution in [3.8, 4) is 0 Å². The van der Waals surface area contributed by atoms with Crippen molar-refractivity contribution in [2.45, 2.75) is 39.1 Å². The molecule has 2 atom stereocenters. The smallest absolute Gasteiger partial charge is 0.357 e. The van der Waals surface area contributed by atoms with Crippen molar-refractivity contribution >= 4 is 75.2 Å². The Morgan fingerprint density at radius 1 is 1.26 bits per heavy atom. The molecule has 14 nitrogen and oxygen atoms in total. The molecule has 0 saturated carbocycles. The van der Waals surface area contributed by atoms with E-state index >= 15 is 0 Å². The summed E-state index contributed by atoms with van der Waals surface area (Å²) in [6, 6.07) is -1.53. The first-order chi connectivity index (χ1) is 19.8. The van der Waals surface area contributed by atoms with Crippen molar-refractivity contribution < 1.29 is 38.6 Å². The molecule has 0 spiro atoms. The van der Waals surface area contributed by atoms with E-state index in [0.717, 1.165) is 33.7 Å². The van der Waals surface area contributed by atoms with Crippen LogP contribution in [0.1, 0.15) is 37.0 Å². The Labute approximate surface area is 253 Å². The predicted octanol–water partition coefficient (Wildman–Crippen LogP) is 2.13. The number of aromatic nitrogens is 2. The molecule has 0 aromatic carbocycles. The van der Waals surface area contributed by atoms with E-state index in [-0.39, 0.29) is 28.0 Å². The quantitative estimate of drug-likeness (QED) is 0.121. The number of thiazole rings is 2. The van der Waals surface area contributed by atoms with E-state index in [0.29, 0.717) is 5.57 Å². The third-order valence-corrected chi connectivity index (χ3v) is 8.26. The number of nitrogens with zero attached hydrogens (tertiary/aromatic N) is 3. The molecule has 0 bridgehead atoms. The van der Waals surface area contributed by atoms with E-state index in [2.05, 4.69) is 25.8 Å². The van der Waals surface area contributed by atoms with Crippen molar-refractivity contribution in [1.29, 1.82) is 0 Å². The highest BCUT2D eigenvalue weighted by molar-refractivity contribution is 8.00. The molecule has 226 valence electrons. The van der Waals surface area contributed by atoms with Crippen molar-refractivity contribution in [3.63, 3.8) is 0 Å². The van der Waals surface area contributed by atoms with Crippen LogP contribution >= 0.6 is 34.4 Å². The van der Waals surface area contributed by atoms with Crippen LogP contribution in [0.3, 0.4) is 0 Å². The number of hydrogen-bond acceptors (Lipinski definition) is 15. The van der Waals surface area contributed by atoms with Gasteiger partial charge in [-0.25, -0.2) is 19.6 Å². The van der Waals surface area contributed by atoms with Crippen LogP contribution in [0.15, 0.2) is 33.4 Å². The van der Waals surface area contributed by atoms with Gasteiger partial charge in [0, 0.05) is 16.0 Å². The molecule has 17 heteroatoms. The molecule has 1 aliphatic rings. The number of ether oxygens (including phenoxy) is 2. The maximum atomic E-state index is 13.1. The first kappa shape index (κ1) is 32.6. The Hall–Kier alpha value is -3.96. The standard InChI is InChI=1S/C25H30N6O8S3/c1-12-15(42-10-27-12)7-6-13-8-40-20(30-16(13)22(35)38-11-39-23(36)25(2,3)4)18(21(33)34)29-19(32)17(31-37-5)14-9-41-24(26)28-14/h6-7,9-10,18,20,30H,8,11H2,1-5H3,(H2,26,28)(H,29,32)(H,33,34)/b7-6-,31-17-/t18?,20-/m1/s1. The highest BCUT2D eigenvalue weighted by Gasteiger charge is 2.37. The summed E-state index contributed by atoms with van der Waals surface area (Å²) in [6.45, 7) is 6.16. The fourth-order valence-electron chi connectivity index (χ4n) is 3.27. The van der Waals surface area contributed by atoms with Crippen LogP contribution in [0.5, 0.6) is 0 Å². The van der Waals surface area contributed by atoms with Gasteiger partial charge in [-0.1, -0.05) is 11.2 Å². The van der Waals surface area contributed by atoms with Gasteiger partial charge in [0.05, 0.1) is 16.6 Å². The van der Waals surface area contributed by atoms with E-state index in [9.17, 15) is 24.3 Å². The van der Waals surface area contributed by atoms with Crippen LogP contribution in [0.25, 0.3) is 6.08 Å². The molecule has 5 N–H and O–H groups in total. The topological polar surface area (TPSA) is 204 Å². The normalized spacial score (nSPS) is 16.5. The number of nitrogen functional groups attached to an aromatic ring is 1. The summed E-state index contributed by atoms with van der Waals surface area (Å²) in [5.74, 6) is -3.53. The van der Waals surface area contributed by atoms with E-state index in [4.69, 9.17) is 20.0 Å². The molecular formula is C25H30N6O8S3. The molecule has 1 unspecified atom stereocenters. The zero-order valence-electron chi connectivity index (χ0n) is 23.3. The summed E-state index contributed by atoms with van der Waals surface area (Å²) < 4.78 is 10.2. The minimum atomic E-state index is -1.53. The summed E-state index contributed by atoms with van der Waals surface area (Å²) in [7, 11) is 1.22. The van der Waals surface area contributed by atoms with Gasteiger partial charge in [-0.05, 0) is 39.3 Å². The second kappa shape index (κ2) is 14.3. The number of rotatable bonds is 11. The average Bonchev–Trinajstić information content (AvgIpc) is 3.55. The van der Waals surface area contributed by atoms with Gasteiger partial charge in [0.15, 0.2) is 16.9 Å². The second-order valence-corrected chi connectivity index (χ2v) is 12.5. The Kier molecular flexibility index (Phi) is 11.1. The molecule has 3 heterocycles. The average molecular weight is 639 g/mol. The lowest BCUT2D eigenvalue weighted by Gasteiger charge is -2.31. The molecule has 0 radical (unpaired) electrons. The molecule has 42 heavy (non-hydrogen) atoms. The number of carboxylic acids is 1. The van der Waals surface area contributed by atoms with Crippen molar-refractivity contribution in [3.05, 3.63) is 44.5 Å². The van der Waals surface area contributed by atoms with Crippen LogP contribution in [0.2, 0.25) is 0 Å². The first-order valence-corrected chi connectivity index (χ1v) is 15.0. The van der Waals surface area contributed by atoms with Gasteiger partial charge in [-0.15, -0.1) is 34.4 Å². The van der Waals surface area contributed by atoms with Crippen LogP contribution in [-0.2, 0) is 33.5 Å². The van der Waals surface area contributed by atoms with Crippen LogP contribution in [0, 0.1) is 12.3 Å². The number of oxime groups is 1. The number of anilines is 1. The number of hydrogen-bond donors (Lipinski definition) is 4. The zero-order chi connectivity index (χ0) is 31.0. The fourth-order valence-corrected chi connectivity index (χ4v) is 5.69. The first-order valence-electron chi connectivity index (χ1n) is 12.2. The van der Waals surface area contributed by atoms with E-state index in [1.807, 2.05) is 6.92 Å². The minimum Gasteiger partial charge on any atom is -0.480 e. The number of carbonyl (C=O) groups excluding carboxylic acids is 3. The minimum absolute atomic E-state index is 0.0532. The molecule has 2 aromatic heterocycles. The lowest BCUT2D eigenvalue weighted by molar-refractivity contribution is -0.171. The Morgan fingerprint density at radius 2 is 2.00 bits per heavy atom. The zero-order valence-corrected chi connectivity index (χ0v) is 25.8. The number of aliphatic carboxylic acids is 1. The number of carbonyl (C=O) groups is 4. The number of nitrogens with two attached hydrogens (primary N) is 1. The van der Waals surface area contributed by atoms with Gasteiger partial charge in [0.2, 0.25) is 6.79 Å². The van der Waals surface area contributed by atoms with Crippen LogP contribution in [-0.4, -0.2) is 75.7 Å². The molecule has 3 rings (SSSR count). The molecule has 0 fully saturated rings. The van der Waals surface area contributed by atoms with Crippen molar-refractivity contribution in [1.82, 2.24) is 20.6 Å². The van der Waals surface area contributed by atoms with E-state index < -0.39 is 47.4 Å². The molecule has 1 amide bonds. The number of amides is 1. The van der Waals surface area contributed by atoms with Gasteiger partial charge in [-0.3, -0.25) is 9.59 Å². The van der Waals surface area contributed by atoms with Gasteiger partial charge in [0.1, 0.15) is 23.9 Å². The number of esters is 2. The summed E-state index contributed by atoms with van der Waals surface area (Å²) >= 11 is 3.62. The number of thioether (sulfide) groups is 1. The Bertz CT molecular complexity index is 1420. The number of nitrogens with one attached hydrogen (secondary N) is 2. The lowest BCUT2D eigenvalue weighted by atomic mass is 9.98. The largest absolute Gasteiger partial charge is 0.480 e. The highest BCUT2D eigenvalue weighted by atomic mass is 32.2. The van der Waals surface area contributed by atoms with Gasteiger partial charge >= 0.3 is 17.9 Å². The summed E-state index contributed by atoms with van der Waals surface area (Å²) in [5, 5.41) is 19.6. The Balaban J connectivity index is 1.85. The Morgan fingerprint density at radius 3 is 2.57 bits per heavy atom. The van der Waals surface area contributed by atoms with Crippen molar-refractivity contribution in [2.24, 2.45) is 10.6 Å². The molecule has 0 saturated heterocycles. The van der Waals surface area contributed by atoms with E-state index in [1.165, 1.54) is 23.8 Å². The predicted molar refractivity (Wildman–Crippen MR) is 158 cm³/mol.